The van der Waals surface area contributed by atoms with Crippen molar-refractivity contribution in [1.82, 2.24) is 0 Å². The van der Waals surface area contributed by atoms with Gasteiger partial charge in [0.15, 0.2) is 0 Å². The summed E-state index contributed by atoms with van der Waals surface area (Å²) in [4.78, 5) is 0. The van der Waals surface area contributed by atoms with Crippen molar-refractivity contribution in [3.05, 3.63) is 35.9 Å². The molecule has 0 saturated carbocycles. The third kappa shape index (κ3) is 3.44. The SMILES string of the molecule is FC(F)(F)C(Cl)(Cl)CC(Cl)c1ccccc1. The van der Waals surface area contributed by atoms with E-state index in [1.54, 1.807) is 30.3 Å². The highest BCUT2D eigenvalue weighted by molar-refractivity contribution is 6.49. The monoisotopic (exact) mass is 290 g/mol. The van der Waals surface area contributed by atoms with Gasteiger partial charge in [0.2, 0.25) is 4.33 Å². The quantitative estimate of drug-likeness (QED) is 0.680. The summed E-state index contributed by atoms with van der Waals surface area (Å²) in [6, 6.07) is 8.35. The Kier molecular flexibility index (Phi) is 4.38. The molecule has 0 aliphatic rings. The van der Waals surface area contributed by atoms with Crippen molar-refractivity contribution in [3.63, 3.8) is 0 Å². The minimum Gasteiger partial charge on any atom is -0.168 e. The van der Waals surface area contributed by atoms with Crippen molar-refractivity contribution >= 4 is 34.8 Å². The molecule has 0 fully saturated rings. The molecule has 1 atom stereocenters. The van der Waals surface area contributed by atoms with Crippen molar-refractivity contribution in [2.45, 2.75) is 22.3 Å². The summed E-state index contributed by atoms with van der Waals surface area (Å²) in [6.45, 7) is 0. The van der Waals surface area contributed by atoms with Crippen LogP contribution in [0.3, 0.4) is 0 Å². The number of hydrogen-bond acceptors (Lipinski definition) is 0. The summed E-state index contributed by atoms with van der Waals surface area (Å²) in [6.07, 6.45) is -5.29. The fraction of sp³-hybridized carbons (Fsp3) is 0.400. The molecule has 0 nitrogen and oxygen atoms in total. The van der Waals surface area contributed by atoms with Gasteiger partial charge < -0.3 is 0 Å². The van der Waals surface area contributed by atoms with Gasteiger partial charge in [0.05, 0.1) is 5.38 Å². The maximum Gasteiger partial charge on any atom is 0.421 e. The van der Waals surface area contributed by atoms with Crippen LogP contribution >= 0.6 is 34.8 Å². The van der Waals surface area contributed by atoms with Crippen LogP contribution in [0.4, 0.5) is 13.2 Å². The van der Waals surface area contributed by atoms with Gasteiger partial charge in [0.1, 0.15) is 0 Å². The molecule has 90 valence electrons. The van der Waals surface area contributed by atoms with E-state index in [-0.39, 0.29) is 0 Å². The molecule has 1 aromatic rings. The van der Waals surface area contributed by atoms with Gasteiger partial charge in [-0.15, -0.1) is 11.6 Å². The van der Waals surface area contributed by atoms with Crippen LogP contribution in [0.1, 0.15) is 17.4 Å². The molecule has 6 heteroatoms. The average molecular weight is 292 g/mol. The van der Waals surface area contributed by atoms with Crippen LogP contribution in [-0.4, -0.2) is 10.5 Å². The Hall–Kier alpha value is -0.120. The standard InChI is InChI=1S/C10H8Cl3F3/c11-8(7-4-2-1-3-5-7)6-9(12,13)10(14,15)16/h1-5,8H,6H2. The highest BCUT2D eigenvalue weighted by Crippen LogP contribution is 2.47. The van der Waals surface area contributed by atoms with E-state index in [1.165, 1.54) is 0 Å². The predicted molar refractivity (Wildman–Crippen MR) is 60.1 cm³/mol. The third-order valence-electron chi connectivity index (χ3n) is 2.01. The van der Waals surface area contributed by atoms with Gasteiger partial charge in [-0.1, -0.05) is 53.5 Å². The van der Waals surface area contributed by atoms with E-state index >= 15 is 0 Å². The molecule has 0 amide bonds. The molecule has 0 radical (unpaired) electrons. The van der Waals surface area contributed by atoms with E-state index in [0.717, 1.165) is 0 Å². The molecule has 0 aromatic heterocycles. The van der Waals surface area contributed by atoms with Gasteiger partial charge in [-0.05, 0) is 5.56 Å². The van der Waals surface area contributed by atoms with Crippen molar-refractivity contribution in [3.8, 4) is 0 Å². The number of halogens is 6. The molecule has 0 N–H and O–H groups in total. The van der Waals surface area contributed by atoms with Crippen molar-refractivity contribution in [2.75, 3.05) is 0 Å². The summed E-state index contributed by atoms with van der Waals surface area (Å²) in [5.41, 5.74) is 0.555. The predicted octanol–water partition coefficient (Wildman–Crippen LogP) is 5.09. The van der Waals surface area contributed by atoms with E-state index in [9.17, 15) is 13.2 Å². The molecular weight excluding hydrogens is 283 g/mol. The van der Waals surface area contributed by atoms with Crippen LogP contribution in [0.25, 0.3) is 0 Å². The zero-order valence-corrected chi connectivity index (χ0v) is 10.2. The van der Waals surface area contributed by atoms with Gasteiger partial charge in [-0.25, -0.2) is 0 Å². The molecule has 0 bridgehead atoms. The van der Waals surface area contributed by atoms with Crippen LogP contribution < -0.4 is 0 Å². The highest BCUT2D eigenvalue weighted by atomic mass is 35.5. The van der Waals surface area contributed by atoms with Crippen LogP contribution in [0.15, 0.2) is 30.3 Å². The second kappa shape index (κ2) is 5.03. The Morgan fingerprint density at radius 3 is 2.00 bits per heavy atom. The van der Waals surface area contributed by atoms with Crippen molar-refractivity contribution in [1.29, 1.82) is 0 Å². The zero-order chi connectivity index (χ0) is 12.4. The topological polar surface area (TPSA) is 0 Å². The Bertz CT molecular complexity index is 335. The van der Waals surface area contributed by atoms with Crippen LogP contribution in [0.2, 0.25) is 0 Å². The second-order valence-corrected chi connectivity index (χ2v) is 5.30. The third-order valence-corrected chi connectivity index (χ3v) is 3.16. The Morgan fingerprint density at radius 1 is 1.06 bits per heavy atom. The van der Waals surface area contributed by atoms with E-state index in [2.05, 4.69) is 0 Å². The molecule has 0 aliphatic carbocycles. The minimum atomic E-state index is -4.70. The molecular formula is C10H8Cl3F3. The first-order valence-electron chi connectivity index (χ1n) is 4.37. The number of alkyl halides is 6. The summed E-state index contributed by atoms with van der Waals surface area (Å²) in [7, 11) is 0. The summed E-state index contributed by atoms with van der Waals surface area (Å²) >= 11 is 16.3. The lowest BCUT2D eigenvalue weighted by molar-refractivity contribution is -0.142. The summed E-state index contributed by atoms with van der Waals surface area (Å²) < 4.78 is 34.3. The lowest BCUT2D eigenvalue weighted by atomic mass is 10.1. The molecule has 0 saturated heterocycles. The molecule has 0 heterocycles. The first-order valence-corrected chi connectivity index (χ1v) is 5.57. The molecule has 16 heavy (non-hydrogen) atoms. The largest absolute Gasteiger partial charge is 0.421 e. The maximum atomic E-state index is 12.4. The number of benzene rings is 1. The second-order valence-electron chi connectivity index (χ2n) is 3.28. The van der Waals surface area contributed by atoms with Crippen molar-refractivity contribution < 1.29 is 13.2 Å². The lowest BCUT2D eigenvalue weighted by Crippen LogP contribution is -2.34. The van der Waals surface area contributed by atoms with Crippen LogP contribution in [0, 0.1) is 0 Å². The molecule has 0 aliphatic heterocycles. The first-order chi connectivity index (χ1) is 7.24. The minimum absolute atomic E-state index is 0.555. The van der Waals surface area contributed by atoms with Gasteiger partial charge in [-0.2, -0.15) is 13.2 Å². The summed E-state index contributed by atoms with van der Waals surface area (Å²) in [5, 5.41) is -0.877. The normalized spacial score (nSPS) is 14.9. The Labute approximate surface area is 106 Å². The fourth-order valence-corrected chi connectivity index (χ4v) is 1.96. The average Bonchev–Trinajstić information content (AvgIpc) is 2.16. The number of rotatable bonds is 3. The van der Waals surface area contributed by atoms with E-state index < -0.39 is 22.3 Å². The lowest BCUT2D eigenvalue weighted by Gasteiger charge is -2.25. The van der Waals surface area contributed by atoms with E-state index in [4.69, 9.17) is 34.8 Å². The number of hydrogen-bond donors (Lipinski definition) is 0. The fourth-order valence-electron chi connectivity index (χ4n) is 1.12. The zero-order valence-electron chi connectivity index (χ0n) is 7.94. The van der Waals surface area contributed by atoms with Gasteiger partial charge in [0, 0.05) is 6.42 Å². The molecule has 1 rings (SSSR count). The Balaban J connectivity index is 2.76. The van der Waals surface area contributed by atoms with Gasteiger partial charge >= 0.3 is 6.18 Å². The first kappa shape index (κ1) is 13.9. The van der Waals surface area contributed by atoms with Crippen LogP contribution in [-0.2, 0) is 0 Å². The van der Waals surface area contributed by atoms with Gasteiger partial charge in [-0.3, -0.25) is 0 Å². The summed E-state index contributed by atoms with van der Waals surface area (Å²) in [5.74, 6) is 0. The van der Waals surface area contributed by atoms with E-state index in [1.807, 2.05) is 0 Å². The molecule has 1 aromatic carbocycles. The smallest absolute Gasteiger partial charge is 0.168 e. The Morgan fingerprint density at radius 2 is 1.56 bits per heavy atom. The van der Waals surface area contributed by atoms with Gasteiger partial charge in [0.25, 0.3) is 0 Å². The molecule has 0 spiro atoms. The maximum absolute atomic E-state index is 12.4. The highest BCUT2D eigenvalue weighted by Gasteiger charge is 2.53. The molecule has 1 unspecified atom stereocenters. The van der Waals surface area contributed by atoms with E-state index in [0.29, 0.717) is 5.56 Å². The van der Waals surface area contributed by atoms with Crippen molar-refractivity contribution in [2.24, 2.45) is 0 Å². The van der Waals surface area contributed by atoms with Crippen LogP contribution in [0.5, 0.6) is 0 Å².